The number of aryl methyl sites for hydroxylation is 3. The Morgan fingerprint density at radius 1 is 1.03 bits per heavy atom. The zero-order valence-corrected chi connectivity index (χ0v) is 24.4. The van der Waals surface area contributed by atoms with Crippen LogP contribution in [0.15, 0.2) is 72.9 Å². The predicted molar refractivity (Wildman–Crippen MR) is 162 cm³/mol. The molecular weight excluding hydrogens is 526 g/mol. The van der Waals surface area contributed by atoms with Crippen molar-refractivity contribution >= 4 is 38.7 Å². The minimum Gasteiger partial charge on any atom is -0.351 e. The lowest BCUT2D eigenvalue weighted by atomic mass is 9.96. The van der Waals surface area contributed by atoms with Crippen LogP contribution in [0.2, 0.25) is 0 Å². The van der Waals surface area contributed by atoms with Gasteiger partial charge in [-0.1, -0.05) is 31.2 Å². The normalized spacial score (nSPS) is 17.4. The average molecular weight is 560 g/mol. The topological polar surface area (TPSA) is 79.3 Å². The molecule has 0 bridgehead atoms. The summed E-state index contributed by atoms with van der Waals surface area (Å²) in [7, 11) is -3.39. The van der Waals surface area contributed by atoms with Crippen LogP contribution in [-0.4, -0.2) is 29.3 Å². The van der Waals surface area contributed by atoms with E-state index in [9.17, 15) is 8.42 Å². The Labute approximate surface area is 235 Å². The Kier molecular flexibility index (Phi) is 7.22. The first-order valence-corrected chi connectivity index (χ1v) is 15.2. The summed E-state index contributed by atoms with van der Waals surface area (Å²) in [5.41, 5.74) is 9.04. The lowest BCUT2D eigenvalue weighted by Gasteiger charge is -2.29. The maximum Gasteiger partial charge on any atom is 0.229 e. The molecular formula is C30H33N5O2S2. The van der Waals surface area contributed by atoms with Crippen molar-refractivity contribution in [2.45, 2.75) is 46.2 Å². The fourth-order valence-corrected chi connectivity index (χ4v) is 6.52. The molecule has 2 N–H and O–H groups in total. The summed E-state index contributed by atoms with van der Waals surface area (Å²) in [5, 5.41) is 4.13. The van der Waals surface area contributed by atoms with E-state index in [1.807, 2.05) is 37.3 Å². The van der Waals surface area contributed by atoms with Crippen LogP contribution in [0.4, 0.5) is 11.4 Å². The molecule has 1 aliphatic rings. The highest BCUT2D eigenvalue weighted by molar-refractivity contribution is 7.92. The van der Waals surface area contributed by atoms with E-state index in [4.69, 9.17) is 12.2 Å². The van der Waals surface area contributed by atoms with Gasteiger partial charge in [0.05, 0.1) is 29.7 Å². The van der Waals surface area contributed by atoms with Crippen LogP contribution < -0.4 is 14.9 Å². The molecule has 0 aliphatic carbocycles. The van der Waals surface area contributed by atoms with Gasteiger partial charge < -0.3 is 14.8 Å². The van der Waals surface area contributed by atoms with Gasteiger partial charge in [0.2, 0.25) is 10.0 Å². The van der Waals surface area contributed by atoms with Crippen molar-refractivity contribution in [2.24, 2.45) is 0 Å². The zero-order chi connectivity index (χ0) is 27.9. The Bertz CT molecular complexity index is 1650. The molecule has 0 unspecified atom stereocenters. The van der Waals surface area contributed by atoms with Gasteiger partial charge in [-0.2, -0.15) is 0 Å². The van der Waals surface area contributed by atoms with Crippen LogP contribution in [0.5, 0.6) is 0 Å². The molecule has 0 amide bonds. The highest BCUT2D eigenvalue weighted by Gasteiger charge is 2.42. The van der Waals surface area contributed by atoms with Gasteiger partial charge in [0.1, 0.15) is 0 Å². The summed E-state index contributed by atoms with van der Waals surface area (Å²) in [6, 6.07) is 22.0. The quantitative estimate of drug-likeness (QED) is 0.274. The summed E-state index contributed by atoms with van der Waals surface area (Å²) in [5.74, 6) is 0. The smallest absolute Gasteiger partial charge is 0.229 e. The average Bonchev–Trinajstić information content (AvgIpc) is 3.39. The fourth-order valence-electron chi connectivity index (χ4n) is 5.55. The van der Waals surface area contributed by atoms with Crippen molar-refractivity contribution in [1.29, 1.82) is 0 Å². The van der Waals surface area contributed by atoms with Gasteiger partial charge in [0, 0.05) is 29.0 Å². The van der Waals surface area contributed by atoms with E-state index in [-0.39, 0.29) is 12.1 Å². The van der Waals surface area contributed by atoms with Gasteiger partial charge in [-0.3, -0.25) is 9.71 Å². The number of hydrogen-bond acceptors (Lipinski definition) is 4. The largest absolute Gasteiger partial charge is 0.351 e. The molecule has 202 valence electrons. The molecule has 0 radical (unpaired) electrons. The molecule has 39 heavy (non-hydrogen) atoms. The molecule has 1 aliphatic heterocycles. The van der Waals surface area contributed by atoms with Gasteiger partial charge in [-0.25, -0.2) is 8.42 Å². The molecule has 1 saturated heterocycles. The Hall–Kier alpha value is -3.69. The number of rotatable bonds is 7. The van der Waals surface area contributed by atoms with Crippen molar-refractivity contribution < 1.29 is 8.42 Å². The zero-order valence-electron chi connectivity index (χ0n) is 22.8. The molecule has 2 aromatic carbocycles. The number of para-hydroxylation sites is 1. The minimum absolute atomic E-state index is 0.172. The van der Waals surface area contributed by atoms with E-state index in [1.165, 1.54) is 11.3 Å². The maximum absolute atomic E-state index is 11.9. The first kappa shape index (κ1) is 26.9. The Balaban J connectivity index is 1.66. The molecule has 2 aromatic heterocycles. The second-order valence-electron chi connectivity index (χ2n) is 10.0. The molecule has 0 saturated carbocycles. The summed E-state index contributed by atoms with van der Waals surface area (Å²) >= 11 is 5.93. The number of aromatic nitrogens is 2. The van der Waals surface area contributed by atoms with Gasteiger partial charge in [0.15, 0.2) is 5.11 Å². The fraction of sp³-hybridized carbons (Fsp3) is 0.267. The van der Waals surface area contributed by atoms with Crippen LogP contribution in [-0.2, 0) is 16.4 Å². The van der Waals surface area contributed by atoms with Gasteiger partial charge in [-0.05, 0) is 98.6 Å². The summed E-state index contributed by atoms with van der Waals surface area (Å²) in [6.07, 6.45) is 3.89. The van der Waals surface area contributed by atoms with Crippen LogP contribution in [0.3, 0.4) is 0 Å². The van der Waals surface area contributed by atoms with Gasteiger partial charge >= 0.3 is 0 Å². The van der Waals surface area contributed by atoms with Crippen LogP contribution >= 0.6 is 12.2 Å². The Morgan fingerprint density at radius 3 is 2.44 bits per heavy atom. The number of sulfonamides is 1. The van der Waals surface area contributed by atoms with Crippen molar-refractivity contribution in [3.8, 4) is 5.69 Å². The molecule has 3 heterocycles. The van der Waals surface area contributed by atoms with Crippen molar-refractivity contribution in [1.82, 2.24) is 14.9 Å². The first-order chi connectivity index (χ1) is 18.6. The van der Waals surface area contributed by atoms with E-state index < -0.39 is 10.0 Å². The third kappa shape index (κ3) is 5.16. The van der Waals surface area contributed by atoms with Gasteiger partial charge in [0.25, 0.3) is 0 Å². The van der Waals surface area contributed by atoms with E-state index in [1.54, 1.807) is 12.3 Å². The highest BCUT2D eigenvalue weighted by atomic mass is 32.2. The number of nitrogens with zero attached hydrogens (tertiary/aromatic N) is 3. The number of anilines is 2. The molecule has 7 nitrogen and oxygen atoms in total. The molecule has 4 aromatic rings. The molecule has 5 rings (SSSR count). The van der Waals surface area contributed by atoms with Crippen molar-refractivity contribution in [2.75, 3.05) is 15.9 Å². The predicted octanol–water partition coefficient (Wildman–Crippen LogP) is 5.91. The summed E-state index contributed by atoms with van der Waals surface area (Å²) in [6.45, 7) is 8.37. The summed E-state index contributed by atoms with van der Waals surface area (Å²) in [4.78, 5) is 6.81. The monoisotopic (exact) mass is 559 g/mol. The van der Waals surface area contributed by atoms with Crippen LogP contribution in [0.1, 0.15) is 52.8 Å². The number of hydrogen-bond donors (Lipinski definition) is 2. The Morgan fingerprint density at radius 2 is 1.77 bits per heavy atom. The molecule has 9 heteroatoms. The summed E-state index contributed by atoms with van der Waals surface area (Å²) < 4.78 is 28.6. The lowest BCUT2D eigenvalue weighted by molar-refractivity contribution is 0.565. The lowest BCUT2D eigenvalue weighted by Crippen LogP contribution is -2.29. The molecule has 2 atom stereocenters. The van der Waals surface area contributed by atoms with Crippen LogP contribution in [0.25, 0.3) is 5.69 Å². The van der Waals surface area contributed by atoms with E-state index >= 15 is 0 Å². The third-order valence-electron chi connectivity index (χ3n) is 7.28. The second kappa shape index (κ2) is 10.5. The van der Waals surface area contributed by atoms with E-state index in [2.05, 4.69) is 75.6 Å². The van der Waals surface area contributed by atoms with Crippen LogP contribution in [0, 0.1) is 20.8 Å². The highest BCUT2D eigenvalue weighted by Crippen LogP contribution is 2.44. The maximum atomic E-state index is 11.9. The van der Waals surface area contributed by atoms with Crippen molar-refractivity contribution in [3.05, 3.63) is 107 Å². The van der Waals surface area contributed by atoms with E-state index in [0.29, 0.717) is 10.8 Å². The second-order valence-corrected chi connectivity index (χ2v) is 12.1. The molecule has 0 spiro atoms. The minimum atomic E-state index is -3.39. The van der Waals surface area contributed by atoms with E-state index in [0.717, 1.165) is 46.6 Å². The number of nitrogens with one attached hydrogen (secondary N) is 2. The standard InChI is InChI=1S/C30H33N5O2S2/c1-6-22-11-7-8-13-27(22)34-20(3)18-24(21(34)4)29-28(26-12-9-10-16-31-26)32-30(38)35(29)23-14-15-25(19(2)17-23)33-39(5,36)37/h7-18,28-29,33H,6H2,1-5H3,(H,32,38)/t28-,29+/m1/s1. The molecule has 1 fully saturated rings. The van der Waals surface area contributed by atoms with Crippen molar-refractivity contribution in [3.63, 3.8) is 0 Å². The number of thiocarbonyl (C=S) groups is 1. The SMILES string of the molecule is CCc1ccccc1-n1c(C)cc([C@H]2[C@@H](c3ccccn3)NC(=S)N2c2ccc(NS(C)(=O)=O)c(C)c2)c1C. The first-order valence-electron chi connectivity index (χ1n) is 12.9. The number of pyridine rings is 1. The van der Waals surface area contributed by atoms with Gasteiger partial charge in [-0.15, -0.1) is 0 Å². The third-order valence-corrected chi connectivity index (χ3v) is 8.19. The number of benzene rings is 2.